The second kappa shape index (κ2) is 10.2. The van der Waals surface area contributed by atoms with Gasteiger partial charge in [0.05, 0.1) is 24.5 Å². The van der Waals surface area contributed by atoms with Gasteiger partial charge < -0.3 is 14.4 Å². The Balaban J connectivity index is 1.97. The average Bonchev–Trinajstić information content (AvgIpc) is 2.81. The number of halogens is 1. The number of rotatable bonds is 7. The highest BCUT2D eigenvalue weighted by Gasteiger charge is 2.19. The van der Waals surface area contributed by atoms with Crippen LogP contribution in [0.4, 0.5) is 0 Å². The van der Waals surface area contributed by atoms with Crippen LogP contribution in [0, 0.1) is 0 Å². The number of benzene rings is 1. The fraction of sp³-hybridized carbons (Fsp3) is 0.526. The second-order valence-electron chi connectivity index (χ2n) is 6.62. The third kappa shape index (κ3) is 6.43. The number of ether oxygens (including phenoxy) is 2. The maximum absolute atomic E-state index is 12.0. The third-order valence-electron chi connectivity index (χ3n) is 4.01. The molecular formula is C19H26ClN3O4. The lowest BCUT2D eigenvalue weighted by Crippen LogP contribution is -2.39. The molecule has 1 aliphatic heterocycles. The van der Waals surface area contributed by atoms with E-state index in [2.05, 4.69) is 10.5 Å². The molecule has 1 saturated heterocycles. The van der Waals surface area contributed by atoms with Crippen molar-refractivity contribution in [3.8, 4) is 11.5 Å². The monoisotopic (exact) mass is 395 g/mol. The molecule has 1 heterocycles. The zero-order valence-electron chi connectivity index (χ0n) is 16.0. The highest BCUT2D eigenvalue weighted by molar-refractivity contribution is 6.32. The van der Waals surface area contributed by atoms with Crippen molar-refractivity contribution in [1.82, 2.24) is 10.3 Å². The summed E-state index contributed by atoms with van der Waals surface area (Å²) in [5.74, 6) is 0.636. The first-order valence-corrected chi connectivity index (χ1v) is 9.42. The van der Waals surface area contributed by atoms with Crippen LogP contribution in [-0.4, -0.2) is 49.2 Å². The molecule has 8 heteroatoms. The Morgan fingerprint density at radius 1 is 1.37 bits per heavy atom. The van der Waals surface area contributed by atoms with Gasteiger partial charge in [0.2, 0.25) is 5.91 Å². The summed E-state index contributed by atoms with van der Waals surface area (Å²) in [5.41, 5.74) is 3.10. The average molecular weight is 396 g/mol. The summed E-state index contributed by atoms with van der Waals surface area (Å²) < 4.78 is 11.0. The topological polar surface area (TPSA) is 80.2 Å². The lowest BCUT2D eigenvalue weighted by atomic mass is 10.2. The third-order valence-corrected chi connectivity index (χ3v) is 4.29. The quantitative estimate of drug-likeness (QED) is 0.568. The van der Waals surface area contributed by atoms with Crippen molar-refractivity contribution in [2.75, 3.05) is 20.2 Å². The fourth-order valence-electron chi connectivity index (χ4n) is 2.76. The highest BCUT2D eigenvalue weighted by Crippen LogP contribution is 2.36. The van der Waals surface area contributed by atoms with Crippen LogP contribution in [0.1, 0.15) is 45.1 Å². The molecule has 2 rings (SSSR count). The van der Waals surface area contributed by atoms with Crippen molar-refractivity contribution in [2.24, 2.45) is 5.10 Å². The van der Waals surface area contributed by atoms with Crippen LogP contribution in [-0.2, 0) is 9.59 Å². The van der Waals surface area contributed by atoms with Crippen molar-refractivity contribution < 1.29 is 19.1 Å². The number of carbonyl (C=O) groups is 2. The minimum Gasteiger partial charge on any atom is -0.493 e. The zero-order chi connectivity index (χ0) is 19.8. The Morgan fingerprint density at radius 3 is 2.85 bits per heavy atom. The van der Waals surface area contributed by atoms with Crippen LogP contribution in [0.15, 0.2) is 17.2 Å². The van der Waals surface area contributed by atoms with E-state index in [1.54, 1.807) is 17.0 Å². The van der Waals surface area contributed by atoms with Gasteiger partial charge >= 0.3 is 0 Å². The number of hydrogen-bond acceptors (Lipinski definition) is 5. The first-order chi connectivity index (χ1) is 12.9. The number of amides is 2. The van der Waals surface area contributed by atoms with Crippen LogP contribution >= 0.6 is 11.6 Å². The molecule has 0 saturated carbocycles. The number of likely N-dealkylation sites (tertiary alicyclic amines) is 1. The van der Waals surface area contributed by atoms with E-state index in [1.807, 2.05) is 13.8 Å². The van der Waals surface area contributed by atoms with E-state index in [0.29, 0.717) is 35.1 Å². The summed E-state index contributed by atoms with van der Waals surface area (Å²) in [4.78, 5) is 25.5. The van der Waals surface area contributed by atoms with Gasteiger partial charge in [-0.15, -0.1) is 0 Å². The van der Waals surface area contributed by atoms with Crippen LogP contribution in [0.3, 0.4) is 0 Å². The van der Waals surface area contributed by atoms with Gasteiger partial charge in [0.15, 0.2) is 11.5 Å². The Kier molecular flexibility index (Phi) is 7.91. The van der Waals surface area contributed by atoms with Crippen molar-refractivity contribution in [2.45, 2.75) is 45.6 Å². The molecule has 1 aromatic rings. The molecule has 148 valence electrons. The van der Waals surface area contributed by atoms with Crippen molar-refractivity contribution >= 4 is 29.6 Å². The molecule has 0 aliphatic carbocycles. The maximum atomic E-state index is 12.0. The first kappa shape index (κ1) is 21.0. The summed E-state index contributed by atoms with van der Waals surface area (Å²) in [6.45, 7) is 4.42. The number of carbonyl (C=O) groups excluding carboxylic acids is 2. The maximum Gasteiger partial charge on any atom is 0.259 e. The molecular weight excluding hydrogens is 370 g/mol. The molecule has 27 heavy (non-hydrogen) atoms. The summed E-state index contributed by atoms with van der Waals surface area (Å²) in [5, 5.41) is 4.34. The molecule has 0 aromatic heterocycles. The molecule has 2 amide bonds. The number of nitrogens with zero attached hydrogens (tertiary/aromatic N) is 2. The zero-order valence-corrected chi connectivity index (χ0v) is 16.7. The minimum absolute atomic E-state index is 0.0153. The van der Waals surface area contributed by atoms with E-state index < -0.39 is 0 Å². The number of nitrogens with one attached hydrogen (secondary N) is 1. The number of methoxy groups -OCH3 is 1. The molecule has 0 unspecified atom stereocenters. The van der Waals surface area contributed by atoms with Crippen LogP contribution < -0.4 is 14.9 Å². The standard InChI is InChI=1S/C19H26ClN3O4/c1-13(2)27-19-15(20)9-14(10-16(19)26-3)11-21-22-17(24)12-23-8-6-4-5-7-18(23)25/h9-11,13H,4-8,12H2,1-3H3,(H,22,24)/b21-11-. The molecule has 0 radical (unpaired) electrons. The van der Waals surface area contributed by atoms with Gasteiger partial charge in [0.1, 0.15) is 6.54 Å². The molecule has 0 atom stereocenters. The molecule has 1 N–H and O–H groups in total. The lowest BCUT2D eigenvalue weighted by Gasteiger charge is -2.18. The van der Waals surface area contributed by atoms with Gasteiger partial charge in [-0.05, 0) is 44.4 Å². The molecule has 1 aliphatic rings. The van der Waals surface area contributed by atoms with Crippen molar-refractivity contribution in [3.63, 3.8) is 0 Å². The van der Waals surface area contributed by atoms with Gasteiger partial charge in [-0.2, -0.15) is 5.10 Å². The molecule has 0 bridgehead atoms. The summed E-state index contributed by atoms with van der Waals surface area (Å²) in [7, 11) is 1.53. The summed E-state index contributed by atoms with van der Waals surface area (Å²) in [6.07, 6.45) is 4.74. The lowest BCUT2D eigenvalue weighted by molar-refractivity contribution is -0.135. The van der Waals surface area contributed by atoms with Crippen molar-refractivity contribution in [1.29, 1.82) is 0 Å². The van der Waals surface area contributed by atoms with E-state index >= 15 is 0 Å². The van der Waals surface area contributed by atoms with Gasteiger partial charge in [-0.25, -0.2) is 5.43 Å². The Hall–Kier alpha value is -2.28. The Bertz CT molecular complexity index is 706. The minimum atomic E-state index is -0.334. The van der Waals surface area contributed by atoms with Gasteiger partial charge in [-0.1, -0.05) is 18.0 Å². The molecule has 7 nitrogen and oxygen atoms in total. The van der Waals surface area contributed by atoms with E-state index in [9.17, 15) is 9.59 Å². The largest absolute Gasteiger partial charge is 0.493 e. The van der Waals surface area contributed by atoms with Crippen LogP contribution in [0.5, 0.6) is 11.5 Å². The summed E-state index contributed by atoms with van der Waals surface area (Å²) in [6, 6.07) is 3.40. The first-order valence-electron chi connectivity index (χ1n) is 9.04. The predicted molar refractivity (Wildman–Crippen MR) is 105 cm³/mol. The Labute approximate surface area is 164 Å². The van der Waals surface area contributed by atoms with Gasteiger partial charge in [-0.3, -0.25) is 9.59 Å². The highest BCUT2D eigenvalue weighted by atomic mass is 35.5. The second-order valence-corrected chi connectivity index (χ2v) is 7.03. The van der Waals surface area contributed by atoms with Crippen LogP contribution in [0.2, 0.25) is 5.02 Å². The molecule has 1 aromatic carbocycles. The fourth-order valence-corrected chi connectivity index (χ4v) is 3.02. The van der Waals surface area contributed by atoms with E-state index in [0.717, 1.165) is 19.3 Å². The van der Waals surface area contributed by atoms with Gasteiger partial charge in [0, 0.05) is 13.0 Å². The predicted octanol–water partition coefficient (Wildman–Crippen LogP) is 2.99. The summed E-state index contributed by atoms with van der Waals surface area (Å²) >= 11 is 6.26. The van der Waals surface area contributed by atoms with E-state index in [-0.39, 0.29) is 24.5 Å². The normalized spacial score (nSPS) is 15.1. The Morgan fingerprint density at radius 2 is 2.15 bits per heavy atom. The SMILES string of the molecule is COc1cc(/C=N\NC(=O)CN2CCCCCC2=O)cc(Cl)c1OC(C)C. The van der Waals surface area contributed by atoms with E-state index in [1.165, 1.54) is 13.3 Å². The molecule has 0 spiro atoms. The molecule has 1 fully saturated rings. The van der Waals surface area contributed by atoms with Gasteiger partial charge in [0.25, 0.3) is 5.91 Å². The number of hydrogen-bond donors (Lipinski definition) is 1. The smallest absolute Gasteiger partial charge is 0.259 e. The van der Waals surface area contributed by atoms with E-state index in [4.69, 9.17) is 21.1 Å². The van der Waals surface area contributed by atoms with Crippen molar-refractivity contribution in [3.05, 3.63) is 22.7 Å². The number of hydrazone groups is 1. The van der Waals surface area contributed by atoms with Crippen LogP contribution in [0.25, 0.3) is 0 Å².